The molecule has 0 aromatic heterocycles. The van der Waals surface area contributed by atoms with E-state index in [0.29, 0.717) is 25.4 Å². The molecule has 0 unspecified atom stereocenters. The summed E-state index contributed by atoms with van der Waals surface area (Å²) < 4.78 is 5.55. The Morgan fingerprint density at radius 2 is 2.10 bits per heavy atom. The molecular weight excluding hydrogens is 260 g/mol. The van der Waals surface area contributed by atoms with E-state index in [-0.39, 0.29) is 11.5 Å². The topological polar surface area (TPSA) is 78.9 Å². The first kappa shape index (κ1) is 14.3. The summed E-state index contributed by atoms with van der Waals surface area (Å²) in [7, 11) is 0. The summed E-state index contributed by atoms with van der Waals surface area (Å²) in [6.45, 7) is 3.15. The predicted octanol–water partition coefficient (Wildman–Crippen LogP) is 0.586. The zero-order valence-corrected chi connectivity index (χ0v) is 11.2. The largest absolute Gasteiger partial charge is 0.492 e. The Hall–Kier alpha value is -2.08. The third kappa shape index (κ3) is 4.24. The maximum absolute atomic E-state index is 11.4. The monoisotopic (exact) mass is 278 g/mol. The number of nitrogens with zero attached hydrogens (tertiary/aromatic N) is 1. The summed E-state index contributed by atoms with van der Waals surface area (Å²) in [6.07, 6.45) is 0.944. The third-order valence-corrected chi connectivity index (χ3v) is 3.12. The van der Waals surface area contributed by atoms with Crippen molar-refractivity contribution in [1.29, 1.82) is 0 Å². The molecule has 0 bridgehead atoms. The van der Waals surface area contributed by atoms with E-state index in [1.54, 1.807) is 12.1 Å². The number of hydrogen-bond acceptors (Lipinski definition) is 4. The number of amides is 1. The Morgan fingerprint density at radius 3 is 2.80 bits per heavy atom. The fraction of sp³-hybridized carbons (Fsp3) is 0.429. The van der Waals surface area contributed by atoms with Gasteiger partial charge in [0.05, 0.1) is 12.1 Å². The average molecular weight is 278 g/mol. The first-order valence-corrected chi connectivity index (χ1v) is 6.60. The standard InChI is InChI=1S/C14H18N2O4/c17-13-10-16(7-1-6-15-13)8-9-20-12-4-2-11(3-5-12)14(18)19/h2-5H,1,6-10H2,(H,15,17)(H,18,19). The minimum atomic E-state index is -0.952. The van der Waals surface area contributed by atoms with E-state index < -0.39 is 5.97 Å². The molecule has 0 spiro atoms. The van der Waals surface area contributed by atoms with Crippen LogP contribution in [0.2, 0.25) is 0 Å². The summed E-state index contributed by atoms with van der Waals surface area (Å²) in [6, 6.07) is 6.30. The molecule has 1 aromatic rings. The van der Waals surface area contributed by atoms with Crippen LogP contribution in [0.3, 0.4) is 0 Å². The normalized spacial score (nSPS) is 16.3. The Balaban J connectivity index is 1.77. The maximum atomic E-state index is 11.4. The van der Waals surface area contributed by atoms with E-state index in [1.807, 2.05) is 4.90 Å². The van der Waals surface area contributed by atoms with Crippen LogP contribution in [0.5, 0.6) is 5.75 Å². The van der Waals surface area contributed by atoms with Crippen LogP contribution < -0.4 is 10.1 Å². The van der Waals surface area contributed by atoms with Crippen molar-refractivity contribution < 1.29 is 19.4 Å². The molecular formula is C14H18N2O4. The molecule has 1 aromatic carbocycles. The van der Waals surface area contributed by atoms with Gasteiger partial charge in [0, 0.05) is 19.6 Å². The first-order chi connectivity index (χ1) is 9.65. The van der Waals surface area contributed by atoms with Crippen LogP contribution in [0.4, 0.5) is 0 Å². The summed E-state index contributed by atoms with van der Waals surface area (Å²) in [4.78, 5) is 24.1. The number of carbonyl (C=O) groups is 2. The van der Waals surface area contributed by atoms with Crippen molar-refractivity contribution in [3.8, 4) is 5.75 Å². The van der Waals surface area contributed by atoms with Gasteiger partial charge in [0.2, 0.25) is 5.91 Å². The first-order valence-electron chi connectivity index (χ1n) is 6.60. The molecule has 20 heavy (non-hydrogen) atoms. The maximum Gasteiger partial charge on any atom is 0.335 e. The van der Waals surface area contributed by atoms with Crippen LogP contribution in [0, 0.1) is 0 Å². The highest BCUT2D eigenvalue weighted by Crippen LogP contribution is 2.12. The zero-order chi connectivity index (χ0) is 14.4. The van der Waals surface area contributed by atoms with Gasteiger partial charge in [-0.25, -0.2) is 4.79 Å². The van der Waals surface area contributed by atoms with Crippen molar-refractivity contribution in [2.45, 2.75) is 6.42 Å². The summed E-state index contributed by atoms with van der Waals surface area (Å²) in [5.41, 5.74) is 0.238. The zero-order valence-electron chi connectivity index (χ0n) is 11.2. The molecule has 108 valence electrons. The van der Waals surface area contributed by atoms with Crippen LogP contribution in [0.25, 0.3) is 0 Å². The smallest absolute Gasteiger partial charge is 0.335 e. The molecule has 6 nitrogen and oxygen atoms in total. The SMILES string of the molecule is O=C1CN(CCOc2ccc(C(=O)O)cc2)CCCN1. The van der Waals surface area contributed by atoms with Crippen LogP contribution in [-0.2, 0) is 4.79 Å². The van der Waals surface area contributed by atoms with Crippen molar-refractivity contribution in [2.75, 3.05) is 32.8 Å². The second kappa shape index (κ2) is 6.91. The third-order valence-electron chi connectivity index (χ3n) is 3.12. The second-order valence-electron chi connectivity index (χ2n) is 4.66. The van der Waals surface area contributed by atoms with Gasteiger partial charge in [0.25, 0.3) is 0 Å². The van der Waals surface area contributed by atoms with E-state index in [0.717, 1.165) is 19.5 Å². The van der Waals surface area contributed by atoms with Gasteiger partial charge in [-0.3, -0.25) is 9.69 Å². The molecule has 6 heteroatoms. The quantitative estimate of drug-likeness (QED) is 0.824. The summed E-state index contributed by atoms with van der Waals surface area (Å²) in [5, 5.41) is 11.6. The molecule has 1 aliphatic rings. The van der Waals surface area contributed by atoms with Crippen LogP contribution in [0.15, 0.2) is 24.3 Å². The van der Waals surface area contributed by atoms with Gasteiger partial charge in [0.15, 0.2) is 0 Å². The highest BCUT2D eigenvalue weighted by Gasteiger charge is 2.14. The van der Waals surface area contributed by atoms with E-state index in [1.165, 1.54) is 12.1 Å². The van der Waals surface area contributed by atoms with Crippen LogP contribution >= 0.6 is 0 Å². The van der Waals surface area contributed by atoms with E-state index in [4.69, 9.17) is 9.84 Å². The Bertz CT molecular complexity index is 473. The van der Waals surface area contributed by atoms with Crippen LogP contribution in [0.1, 0.15) is 16.8 Å². The minimum absolute atomic E-state index is 0.0494. The molecule has 0 atom stereocenters. The fourth-order valence-corrected chi connectivity index (χ4v) is 2.05. The average Bonchev–Trinajstić information content (AvgIpc) is 2.64. The van der Waals surface area contributed by atoms with Gasteiger partial charge < -0.3 is 15.2 Å². The second-order valence-corrected chi connectivity index (χ2v) is 4.66. The summed E-state index contributed by atoms with van der Waals surface area (Å²) >= 11 is 0. The van der Waals surface area contributed by atoms with Crippen molar-refractivity contribution in [3.63, 3.8) is 0 Å². The number of carbonyl (C=O) groups excluding carboxylic acids is 1. The minimum Gasteiger partial charge on any atom is -0.492 e. The Labute approximate surface area is 117 Å². The van der Waals surface area contributed by atoms with Crippen molar-refractivity contribution in [3.05, 3.63) is 29.8 Å². The molecule has 0 saturated carbocycles. The lowest BCUT2D eigenvalue weighted by atomic mass is 10.2. The lowest BCUT2D eigenvalue weighted by molar-refractivity contribution is -0.121. The van der Waals surface area contributed by atoms with Gasteiger partial charge in [-0.2, -0.15) is 0 Å². The molecule has 1 saturated heterocycles. The van der Waals surface area contributed by atoms with Gasteiger partial charge in [-0.05, 0) is 30.7 Å². The van der Waals surface area contributed by atoms with E-state index in [2.05, 4.69) is 5.32 Å². The molecule has 1 amide bonds. The Morgan fingerprint density at radius 1 is 1.35 bits per heavy atom. The van der Waals surface area contributed by atoms with Gasteiger partial charge in [0.1, 0.15) is 12.4 Å². The molecule has 1 heterocycles. The predicted molar refractivity (Wildman–Crippen MR) is 73.0 cm³/mol. The highest BCUT2D eigenvalue weighted by molar-refractivity contribution is 5.87. The number of nitrogens with one attached hydrogen (secondary N) is 1. The molecule has 0 aliphatic carbocycles. The number of carboxylic acid groups (broad SMARTS) is 1. The van der Waals surface area contributed by atoms with Crippen LogP contribution in [-0.4, -0.2) is 54.7 Å². The lowest BCUT2D eigenvalue weighted by Crippen LogP contribution is -2.35. The number of rotatable bonds is 5. The van der Waals surface area contributed by atoms with Crippen molar-refractivity contribution >= 4 is 11.9 Å². The number of hydrogen-bond donors (Lipinski definition) is 2. The lowest BCUT2D eigenvalue weighted by Gasteiger charge is -2.18. The molecule has 1 fully saturated rings. The molecule has 1 aliphatic heterocycles. The number of benzene rings is 1. The van der Waals surface area contributed by atoms with E-state index in [9.17, 15) is 9.59 Å². The van der Waals surface area contributed by atoms with Gasteiger partial charge in [-0.15, -0.1) is 0 Å². The number of aromatic carboxylic acids is 1. The molecule has 2 N–H and O–H groups in total. The van der Waals surface area contributed by atoms with Gasteiger partial charge >= 0.3 is 5.97 Å². The van der Waals surface area contributed by atoms with Crippen molar-refractivity contribution in [1.82, 2.24) is 10.2 Å². The molecule has 2 rings (SSSR count). The molecule has 0 radical (unpaired) electrons. The summed E-state index contributed by atoms with van der Waals surface area (Å²) in [5.74, 6) is -0.269. The Kier molecular flexibility index (Phi) is 4.95. The number of carboxylic acids is 1. The number of ether oxygens (including phenoxy) is 1. The highest BCUT2D eigenvalue weighted by atomic mass is 16.5. The van der Waals surface area contributed by atoms with E-state index >= 15 is 0 Å². The van der Waals surface area contributed by atoms with Crippen molar-refractivity contribution in [2.24, 2.45) is 0 Å². The fourth-order valence-electron chi connectivity index (χ4n) is 2.05. The van der Waals surface area contributed by atoms with Gasteiger partial charge in [-0.1, -0.05) is 0 Å².